The highest BCUT2D eigenvalue weighted by Gasteiger charge is 2.09. The lowest BCUT2D eigenvalue weighted by atomic mass is 10.2. The van der Waals surface area contributed by atoms with E-state index in [-0.39, 0.29) is 5.75 Å². The highest BCUT2D eigenvalue weighted by atomic mass is 79.9. The summed E-state index contributed by atoms with van der Waals surface area (Å²) in [4.78, 5) is 3.98. The van der Waals surface area contributed by atoms with Crippen LogP contribution in [0.5, 0.6) is 5.75 Å². The van der Waals surface area contributed by atoms with Crippen LogP contribution >= 0.6 is 44.1 Å². The summed E-state index contributed by atoms with van der Waals surface area (Å²) in [5.41, 5.74) is 1.36. The summed E-state index contributed by atoms with van der Waals surface area (Å²) >= 11 is 11.9. The fourth-order valence-electron chi connectivity index (χ4n) is 1.89. The summed E-state index contributed by atoms with van der Waals surface area (Å²) in [7, 11) is 0. The lowest BCUT2D eigenvalue weighted by Gasteiger charge is -2.04. The van der Waals surface area contributed by atoms with Crippen molar-refractivity contribution in [2.24, 2.45) is 5.10 Å². The highest BCUT2D eigenvalue weighted by molar-refractivity contribution is 9.11. The normalized spacial score (nSPS) is 11.2. The first kappa shape index (κ1) is 16.0. The summed E-state index contributed by atoms with van der Waals surface area (Å²) in [5.74, 6) is 0.652. The van der Waals surface area contributed by atoms with Crippen LogP contribution in [-0.2, 0) is 0 Å². The second-order valence-electron chi connectivity index (χ2n) is 4.47. The van der Waals surface area contributed by atoms with Gasteiger partial charge >= 0.3 is 0 Å². The summed E-state index contributed by atoms with van der Waals surface area (Å²) < 4.78 is 3.22. The van der Waals surface area contributed by atoms with Crippen molar-refractivity contribution in [1.29, 1.82) is 0 Å². The number of nitrogens with one attached hydrogen (secondary N) is 1. The minimum atomic E-state index is 0.0948. The van der Waals surface area contributed by atoms with E-state index in [1.807, 2.05) is 12.1 Å². The van der Waals surface area contributed by atoms with Crippen LogP contribution in [0.15, 0.2) is 50.7 Å². The molecule has 23 heavy (non-hydrogen) atoms. The lowest BCUT2D eigenvalue weighted by molar-refractivity contribution is 0.471. The van der Waals surface area contributed by atoms with E-state index in [4.69, 9.17) is 12.2 Å². The predicted octanol–water partition coefficient (Wildman–Crippen LogP) is 4.12. The van der Waals surface area contributed by atoms with Gasteiger partial charge in [0.05, 0.1) is 10.7 Å². The Morgan fingerprint density at radius 1 is 1.26 bits per heavy atom. The van der Waals surface area contributed by atoms with Gasteiger partial charge in [-0.2, -0.15) is 14.9 Å². The van der Waals surface area contributed by atoms with Crippen LogP contribution in [0.25, 0.3) is 11.4 Å². The third kappa shape index (κ3) is 3.41. The van der Waals surface area contributed by atoms with E-state index in [1.54, 1.807) is 24.5 Å². The Morgan fingerprint density at radius 3 is 2.74 bits per heavy atom. The number of benzene rings is 1. The van der Waals surface area contributed by atoms with Crippen LogP contribution in [0.1, 0.15) is 5.56 Å². The second-order valence-corrected chi connectivity index (χ2v) is 6.63. The van der Waals surface area contributed by atoms with Crippen molar-refractivity contribution in [1.82, 2.24) is 19.9 Å². The largest absolute Gasteiger partial charge is 0.506 e. The minimum absolute atomic E-state index is 0.0948. The van der Waals surface area contributed by atoms with Crippen molar-refractivity contribution < 1.29 is 5.11 Å². The van der Waals surface area contributed by atoms with Crippen molar-refractivity contribution in [3.63, 3.8) is 0 Å². The predicted molar refractivity (Wildman–Crippen MR) is 97.1 cm³/mol. The molecule has 0 fully saturated rings. The molecule has 2 N–H and O–H groups in total. The second kappa shape index (κ2) is 6.73. The smallest absolute Gasteiger partial charge is 0.216 e. The molecule has 2 heterocycles. The van der Waals surface area contributed by atoms with Crippen molar-refractivity contribution in [2.45, 2.75) is 0 Å². The van der Waals surface area contributed by atoms with E-state index >= 15 is 0 Å². The van der Waals surface area contributed by atoms with E-state index < -0.39 is 0 Å². The Hall–Kier alpha value is -1.84. The highest BCUT2D eigenvalue weighted by Crippen LogP contribution is 2.30. The molecule has 0 spiro atoms. The van der Waals surface area contributed by atoms with Gasteiger partial charge < -0.3 is 5.11 Å². The molecule has 0 amide bonds. The molecule has 0 bridgehead atoms. The molecule has 3 aromatic rings. The molecule has 0 aliphatic heterocycles. The van der Waals surface area contributed by atoms with Crippen molar-refractivity contribution in [3.05, 3.63) is 55.9 Å². The standard InChI is InChI=1S/C14H9Br2N5OS/c15-10-5-9(12(22)11(16)6-10)7-18-21-13(19-20-14(21)23)8-1-3-17-4-2-8/h1-7,22H,(H,20,23)/b18-7-. The fraction of sp³-hybridized carbons (Fsp3) is 0. The first-order chi connectivity index (χ1) is 11.1. The quantitative estimate of drug-likeness (QED) is 0.461. The van der Waals surface area contributed by atoms with Crippen LogP contribution in [0.4, 0.5) is 0 Å². The van der Waals surface area contributed by atoms with E-state index in [9.17, 15) is 5.11 Å². The van der Waals surface area contributed by atoms with E-state index in [2.05, 4.69) is 52.1 Å². The van der Waals surface area contributed by atoms with Crippen LogP contribution in [0.3, 0.4) is 0 Å². The number of phenolic OH excluding ortho intramolecular Hbond substituents is 1. The van der Waals surface area contributed by atoms with E-state index in [1.165, 1.54) is 10.9 Å². The van der Waals surface area contributed by atoms with Crippen molar-refractivity contribution in [2.75, 3.05) is 0 Å². The molecule has 6 nitrogen and oxygen atoms in total. The summed E-state index contributed by atoms with van der Waals surface area (Å²) in [6.07, 6.45) is 4.84. The Bertz CT molecular complexity index is 936. The molecule has 0 saturated carbocycles. The van der Waals surface area contributed by atoms with Gasteiger partial charge in [0.1, 0.15) is 5.75 Å². The number of phenols is 1. The monoisotopic (exact) mass is 453 g/mol. The van der Waals surface area contributed by atoms with Gasteiger partial charge in [-0.25, -0.2) is 5.10 Å². The number of aromatic hydroxyl groups is 1. The first-order valence-electron chi connectivity index (χ1n) is 6.36. The number of hydrogen-bond donors (Lipinski definition) is 2. The maximum Gasteiger partial charge on any atom is 0.216 e. The van der Waals surface area contributed by atoms with Gasteiger partial charge in [-0.05, 0) is 52.4 Å². The number of pyridine rings is 1. The summed E-state index contributed by atoms with van der Waals surface area (Å²) in [5, 5.41) is 21.3. The maximum absolute atomic E-state index is 10.1. The zero-order valence-electron chi connectivity index (χ0n) is 11.4. The Morgan fingerprint density at radius 2 is 2.00 bits per heavy atom. The fourth-order valence-corrected chi connectivity index (χ4v) is 3.33. The van der Waals surface area contributed by atoms with Crippen molar-refractivity contribution >= 4 is 50.3 Å². The zero-order valence-corrected chi connectivity index (χ0v) is 15.4. The number of rotatable bonds is 3. The molecule has 1 aromatic carbocycles. The Kier molecular flexibility index (Phi) is 4.69. The molecule has 2 aromatic heterocycles. The van der Waals surface area contributed by atoms with Gasteiger partial charge in [-0.3, -0.25) is 4.98 Å². The molecule has 0 aliphatic rings. The molecule has 0 saturated heterocycles. The lowest BCUT2D eigenvalue weighted by Crippen LogP contribution is -1.95. The molecule has 0 atom stereocenters. The van der Waals surface area contributed by atoms with E-state index in [0.29, 0.717) is 20.6 Å². The summed E-state index contributed by atoms with van der Waals surface area (Å²) in [6.45, 7) is 0. The Labute approximate surface area is 153 Å². The number of aromatic nitrogens is 4. The van der Waals surface area contributed by atoms with Crippen LogP contribution in [0, 0.1) is 4.77 Å². The number of halogens is 2. The molecule has 0 aliphatic carbocycles. The Balaban J connectivity index is 2.05. The van der Waals surface area contributed by atoms with Crippen LogP contribution < -0.4 is 0 Å². The van der Waals surface area contributed by atoms with E-state index in [0.717, 1.165) is 10.0 Å². The average Bonchev–Trinajstić information content (AvgIpc) is 2.91. The van der Waals surface area contributed by atoms with Crippen molar-refractivity contribution in [3.8, 4) is 17.1 Å². The van der Waals surface area contributed by atoms with Crippen LogP contribution in [-0.4, -0.2) is 31.2 Å². The average molecular weight is 455 g/mol. The number of H-pyrrole nitrogens is 1. The van der Waals surface area contributed by atoms with Gasteiger partial charge in [-0.15, -0.1) is 0 Å². The molecule has 0 unspecified atom stereocenters. The minimum Gasteiger partial charge on any atom is -0.506 e. The number of aromatic amines is 1. The first-order valence-corrected chi connectivity index (χ1v) is 8.36. The number of nitrogens with zero attached hydrogens (tertiary/aromatic N) is 4. The third-order valence-electron chi connectivity index (χ3n) is 2.96. The molecule has 3 rings (SSSR count). The SMILES string of the molecule is Oc1c(Br)cc(Br)cc1/C=N\n1c(-c2ccncc2)n[nH]c1=S. The maximum atomic E-state index is 10.1. The number of hydrogen-bond acceptors (Lipinski definition) is 5. The molecular weight excluding hydrogens is 446 g/mol. The zero-order chi connectivity index (χ0) is 16.4. The van der Waals surface area contributed by atoms with Gasteiger partial charge in [0.2, 0.25) is 4.77 Å². The third-order valence-corrected chi connectivity index (χ3v) is 4.29. The topological polar surface area (TPSA) is 79.1 Å². The molecule has 116 valence electrons. The van der Waals surface area contributed by atoms with Crippen LogP contribution in [0.2, 0.25) is 0 Å². The van der Waals surface area contributed by atoms with Gasteiger partial charge in [0, 0.05) is 28.0 Å². The van der Waals surface area contributed by atoms with Gasteiger partial charge in [0.25, 0.3) is 0 Å². The molecule has 0 radical (unpaired) electrons. The molecular formula is C14H9Br2N5OS. The van der Waals surface area contributed by atoms with Gasteiger partial charge in [-0.1, -0.05) is 15.9 Å². The van der Waals surface area contributed by atoms with Gasteiger partial charge in [0.15, 0.2) is 5.82 Å². The summed E-state index contributed by atoms with van der Waals surface area (Å²) in [6, 6.07) is 7.12. The molecule has 9 heteroatoms.